The van der Waals surface area contributed by atoms with Gasteiger partial charge in [-0.2, -0.15) is 0 Å². The molecule has 0 spiro atoms. The number of benzene rings is 1. The molecule has 142 valence electrons. The Morgan fingerprint density at radius 2 is 2.04 bits per heavy atom. The Morgan fingerprint density at radius 1 is 1.18 bits per heavy atom. The van der Waals surface area contributed by atoms with E-state index in [0.717, 1.165) is 11.9 Å². The average molecular weight is 376 g/mol. The maximum absolute atomic E-state index is 12.4. The summed E-state index contributed by atoms with van der Waals surface area (Å²) in [4.78, 5) is 24.4. The zero-order valence-corrected chi connectivity index (χ0v) is 15.6. The van der Waals surface area contributed by atoms with Crippen LogP contribution in [0.3, 0.4) is 0 Å². The lowest BCUT2D eigenvalue weighted by Crippen LogP contribution is -2.17. The first-order valence-corrected chi connectivity index (χ1v) is 8.98. The second kappa shape index (κ2) is 7.51. The fourth-order valence-electron chi connectivity index (χ4n) is 3.02. The molecule has 0 unspecified atom stereocenters. The topological polar surface area (TPSA) is 109 Å². The number of carbonyl (C=O) groups is 1. The molecule has 0 saturated carbocycles. The van der Waals surface area contributed by atoms with E-state index in [-0.39, 0.29) is 11.6 Å². The van der Waals surface area contributed by atoms with Crippen LogP contribution in [0.25, 0.3) is 10.9 Å². The van der Waals surface area contributed by atoms with Crippen molar-refractivity contribution in [2.75, 3.05) is 17.2 Å². The lowest BCUT2D eigenvalue weighted by Gasteiger charge is -2.08. The number of aryl methyl sites for hydroxylation is 2. The van der Waals surface area contributed by atoms with Crippen LogP contribution in [0.1, 0.15) is 27.5 Å². The summed E-state index contributed by atoms with van der Waals surface area (Å²) < 4.78 is 4.96. The molecule has 0 aliphatic rings. The van der Waals surface area contributed by atoms with Crippen molar-refractivity contribution in [2.45, 2.75) is 20.3 Å². The number of H-pyrrole nitrogens is 1. The van der Waals surface area contributed by atoms with E-state index >= 15 is 0 Å². The Kier molecular flexibility index (Phi) is 4.76. The maximum atomic E-state index is 12.4. The van der Waals surface area contributed by atoms with Crippen LogP contribution < -0.4 is 10.6 Å². The Balaban J connectivity index is 1.42. The highest BCUT2D eigenvalue weighted by Crippen LogP contribution is 2.18. The number of anilines is 2. The van der Waals surface area contributed by atoms with Gasteiger partial charge in [0.2, 0.25) is 5.95 Å². The first-order valence-electron chi connectivity index (χ1n) is 8.98. The summed E-state index contributed by atoms with van der Waals surface area (Å²) in [6, 6.07) is 11.5. The molecule has 0 aliphatic carbocycles. The molecule has 0 radical (unpaired) electrons. The van der Waals surface area contributed by atoms with E-state index in [9.17, 15) is 4.79 Å². The molecule has 28 heavy (non-hydrogen) atoms. The predicted molar refractivity (Wildman–Crippen MR) is 106 cm³/mol. The molecule has 0 aliphatic heterocycles. The third kappa shape index (κ3) is 3.85. The normalized spacial score (nSPS) is 10.9. The number of rotatable bonds is 6. The van der Waals surface area contributed by atoms with Gasteiger partial charge >= 0.3 is 0 Å². The first kappa shape index (κ1) is 17.7. The van der Waals surface area contributed by atoms with Crippen molar-refractivity contribution in [2.24, 2.45) is 0 Å². The van der Waals surface area contributed by atoms with Gasteiger partial charge in [-0.15, -0.1) is 0 Å². The average Bonchev–Trinajstić information content (AvgIpc) is 3.27. The SMILES string of the molecule is Cc1cc(C(=O)Nc2cc(C)on2)nc(NCCc2c[nH]c3ccccc23)n1. The number of carbonyl (C=O) groups excluding carboxylic acids is 1. The molecule has 0 bridgehead atoms. The van der Waals surface area contributed by atoms with Crippen molar-refractivity contribution in [1.82, 2.24) is 20.1 Å². The Morgan fingerprint density at radius 3 is 2.86 bits per heavy atom. The fraction of sp³-hybridized carbons (Fsp3) is 0.200. The monoisotopic (exact) mass is 376 g/mol. The minimum atomic E-state index is -0.363. The van der Waals surface area contributed by atoms with Gasteiger partial charge in [-0.25, -0.2) is 9.97 Å². The summed E-state index contributed by atoms with van der Waals surface area (Å²) in [5.74, 6) is 1.03. The first-order chi connectivity index (χ1) is 13.6. The van der Waals surface area contributed by atoms with Crippen LogP contribution in [0.4, 0.5) is 11.8 Å². The van der Waals surface area contributed by atoms with Gasteiger partial charge in [0.05, 0.1) is 0 Å². The Hall–Kier alpha value is -3.68. The summed E-state index contributed by atoms with van der Waals surface area (Å²) in [6.45, 7) is 4.23. The molecule has 4 aromatic rings. The smallest absolute Gasteiger partial charge is 0.275 e. The summed E-state index contributed by atoms with van der Waals surface area (Å²) >= 11 is 0. The minimum Gasteiger partial charge on any atom is -0.361 e. The van der Waals surface area contributed by atoms with Crippen LogP contribution in [0.2, 0.25) is 0 Å². The zero-order chi connectivity index (χ0) is 19.5. The molecule has 0 fully saturated rings. The summed E-state index contributed by atoms with van der Waals surface area (Å²) in [7, 11) is 0. The zero-order valence-electron chi connectivity index (χ0n) is 15.6. The number of hydrogen-bond donors (Lipinski definition) is 3. The highest BCUT2D eigenvalue weighted by molar-refractivity contribution is 6.02. The van der Waals surface area contributed by atoms with E-state index in [4.69, 9.17) is 4.52 Å². The van der Waals surface area contributed by atoms with Crippen molar-refractivity contribution in [1.29, 1.82) is 0 Å². The molecule has 8 nitrogen and oxygen atoms in total. The standard InChI is InChI=1S/C20H20N6O2/c1-12-9-17(19(27)25-18-10-13(2)28-26-18)24-20(23-12)21-8-7-14-11-22-16-6-4-3-5-15(14)16/h3-6,9-11,22H,7-8H2,1-2H3,(H,21,23,24)(H,25,26,27). The second-order valence-electron chi connectivity index (χ2n) is 6.53. The molecule has 0 atom stereocenters. The third-order valence-electron chi connectivity index (χ3n) is 4.31. The lowest BCUT2D eigenvalue weighted by atomic mass is 10.1. The quantitative estimate of drug-likeness (QED) is 0.475. The van der Waals surface area contributed by atoms with Crippen molar-refractivity contribution >= 4 is 28.6 Å². The number of amides is 1. The van der Waals surface area contributed by atoms with E-state index < -0.39 is 0 Å². The highest BCUT2D eigenvalue weighted by Gasteiger charge is 2.13. The van der Waals surface area contributed by atoms with Crippen LogP contribution in [0.5, 0.6) is 0 Å². The molecule has 4 rings (SSSR count). The second-order valence-corrected chi connectivity index (χ2v) is 6.53. The number of aromatic amines is 1. The molecule has 8 heteroatoms. The van der Waals surface area contributed by atoms with Gasteiger partial charge in [0.25, 0.3) is 5.91 Å². The van der Waals surface area contributed by atoms with Crippen LogP contribution in [0.15, 0.2) is 47.1 Å². The highest BCUT2D eigenvalue weighted by atomic mass is 16.5. The van der Waals surface area contributed by atoms with Crippen molar-refractivity contribution in [3.05, 3.63) is 65.3 Å². The largest absolute Gasteiger partial charge is 0.361 e. The molecule has 1 amide bonds. The molecule has 3 N–H and O–H groups in total. The Labute approximate surface area is 161 Å². The van der Waals surface area contributed by atoms with E-state index in [2.05, 4.69) is 42.9 Å². The number of hydrogen-bond acceptors (Lipinski definition) is 6. The minimum absolute atomic E-state index is 0.266. The number of fused-ring (bicyclic) bond motifs is 1. The molecule has 3 aromatic heterocycles. The van der Waals surface area contributed by atoms with Gasteiger partial charge in [0.1, 0.15) is 11.5 Å². The van der Waals surface area contributed by atoms with Crippen LogP contribution >= 0.6 is 0 Å². The molecule has 3 heterocycles. The van der Waals surface area contributed by atoms with Crippen LogP contribution in [-0.4, -0.2) is 32.6 Å². The summed E-state index contributed by atoms with van der Waals surface area (Å²) in [6.07, 6.45) is 2.82. The fourth-order valence-corrected chi connectivity index (χ4v) is 3.02. The van der Waals surface area contributed by atoms with Gasteiger partial charge in [0, 0.05) is 35.4 Å². The van der Waals surface area contributed by atoms with Crippen LogP contribution in [-0.2, 0) is 6.42 Å². The van der Waals surface area contributed by atoms with Crippen molar-refractivity contribution in [3.8, 4) is 0 Å². The molecule has 1 aromatic carbocycles. The Bertz CT molecular complexity index is 1130. The molecule has 0 saturated heterocycles. The summed E-state index contributed by atoms with van der Waals surface area (Å²) in [5.41, 5.74) is 3.30. The van der Waals surface area contributed by atoms with E-state index in [0.29, 0.717) is 29.8 Å². The van der Waals surface area contributed by atoms with Gasteiger partial charge < -0.3 is 20.1 Å². The van der Waals surface area contributed by atoms with Crippen molar-refractivity contribution in [3.63, 3.8) is 0 Å². The number of para-hydroxylation sites is 1. The maximum Gasteiger partial charge on any atom is 0.275 e. The van der Waals surface area contributed by atoms with Gasteiger partial charge in [-0.05, 0) is 38.0 Å². The summed E-state index contributed by atoms with van der Waals surface area (Å²) in [5, 5.41) is 10.8. The number of nitrogens with one attached hydrogen (secondary N) is 3. The van der Waals surface area contributed by atoms with E-state index in [1.54, 1.807) is 19.1 Å². The van der Waals surface area contributed by atoms with Gasteiger partial charge in [-0.3, -0.25) is 4.79 Å². The third-order valence-corrected chi connectivity index (χ3v) is 4.31. The van der Waals surface area contributed by atoms with Gasteiger partial charge in [-0.1, -0.05) is 23.4 Å². The predicted octanol–water partition coefficient (Wildman–Crippen LogP) is 3.47. The van der Waals surface area contributed by atoms with E-state index in [1.807, 2.05) is 25.3 Å². The molecular formula is C20H20N6O2. The molecular weight excluding hydrogens is 356 g/mol. The van der Waals surface area contributed by atoms with E-state index in [1.165, 1.54) is 10.9 Å². The van der Waals surface area contributed by atoms with Crippen LogP contribution in [0, 0.1) is 13.8 Å². The number of aromatic nitrogens is 4. The lowest BCUT2D eigenvalue weighted by molar-refractivity contribution is 0.102. The van der Waals surface area contributed by atoms with Gasteiger partial charge in [0.15, 0.2) is 5.82 Å². The number of nitrogens with zero attached hydrogens (tertiary/aromatic N) is 3. The van der Waals surface area contributed by atoms with Crippen molar-refractivity contribution < 1.29 is 9.32 Å².